The van der Waals surface area contributed by atoms with E-state index in [1.54, 1.807) is 31.6 Å². The molecule has 0 aliphatic carbocycles. The number of aryl methyl sites for hydroxylation is 1. The molecule has 7 nitrogen and oxygen atoms in total. The number of imidazole rings is 1. The molecule has 0 aliphatic rings. The lowest BCUT2D eigenvalue weighted by Gasteiger charge is -2.08. The Balaban J connectivity index is 1.66. The molecule has 1 heterocycles. The van der Waals surface area contributed by atoms with Crippen LogP contribution >= 0.6 is 0 Å². The van der Waals surface area contributed by atoms with Crippen LogP contribution in [0.3, 0.4) is 0 Å². The summed E-state index contributed by atoms with van der Waals surface area (Å²) >= 11 is 0. The molecule has 1 N–H and O–H groups in total. The Morgan fingerprint density at radius 1 is 1.24 bits per heavy atom. The summed E-state index contributed by atoms with van der Waals surface area (Å²) in [6.45, 7) is 1.98. The van der Waals surface area contributed by atoms with Gasteiger partial charge in [0.15, 0.2) is 0 Å². The van der Waals surface area contributed by atoms with Gasteiger partial charge in [-0.25, -0.2) is 4.98 Å². The molecule has 0 atom stereocenters. The van der Waals surface area contributed by atoms with Gasteiger partial charge in [-0.1, -0.05) is 18.2 Å². The molecule has 0 bridgehead atoms. The van der Waals surface area contributed by atoms with Crippen molar-refractivity contribution in [2.75, 3.05) is 0 Å². The van der Waals surface area contributed by atoms with Gasteiger partial charge in [-0.15, -0.1) is 0 Å². The molecule has 3 aromatic rings. The Morgan fingerprint density at radius 2 is 2.00 bits per heavy atom. The lowest BCUT2D eigenvalue weighted by atomic mass is 10.1. The molecule has 0 saturated heterocycles. The highest BCUT2D eigenvalue weighted by Gasteiger charge is 2.14. The SMILES string of the molecule is Cc1ccc(C(=O)NCc2ccc(-n3ccnc3)cc2)cc1[N+](=O)[O-]. The van der Waals surface area contributed by atoms with Crippen LogP contribution in [0.1, 0.15) is 21.5 Å². The molecule has 0 aliphatic heterocycles. The number of carbonyl (C=O) groups is 1. The van der Waals surface area contributed by atoms with E-state index < -0.39 is 4.92 Å². The van der Waals surface area contributed by atoms with Crippen molar-refractivity contribution in [2.24, 2.45) is 0 Å². The quantitative estimate of drug-likeness (QED) is 0.573. The molecule has 0 fully saturated rings. The number of nitro groups is 1. The highest BCUT2D eigenvalue weighted by Crippen LogP contribution is 2.19. The summed E-state index contributed by atoms with van der Waals surface area (Å²) in [5.41, 5.74) is 2.64. The minimum atomic E-state index is -0.485. The van der Waals surface area contributed by atoms with Crippen molar-refractivity contribution in [1.82, 2.24) is 14.9 Å². The third kappa shape index (κ3) is 3.72. The maximum Gasteiger partial charge on any atom is 0.273 e. The molecule has 2 aromatic carbocycles. The van der Waals surface area contributed by atoms with Crippen LogP contribution in [0.4, 0.5) is 5.69 Å². The summed E-state index contributed by atoms with van der Waals surface area (Å²) in [7, 11) is 0. The van der Waals surface area contributed by atoms with Crippen LogP contribution in [0, 0.1) is 17.0 Å². The highest BCUT2D eigenvalue weighted by atomic mass is 16.6. The first-order valence-corrected chi connectivity index (χ1v) is 7.65. The summed E-state index contributed by atoms with van der Waals surface area (Å²) in [5.74, 6) is -0.346. The van der Waals surface area contributed by atoms with Crippen molar-refractivity contribution in [1.29, 1.82) is 0 Å². The van der Waals surface area contributed by atoms with Crippen LogP contribution in [-0.2, 0) is 6.54 Å². The number of rotatable bonds is 5. The number of nitrogens with zero attached hydrogens (tertiary/aromatic N) is 3. The van der Waals surface area contributed by atoms with Crippen LogP contribution in [0.25, 0.3) is 5.69 Å². The van der Waals surface area contributed by atoms with Crippen LogP contribution < -0.4 is 5.32 Å². The van der Waals surface area contributed by atoms with Gasteiger partial charge >= 0.3 is 0 Å². The fourth-order valence-corrected chi connectivity index (χ4v) is 2.43. The number of aromatic nitrogens is 2. The standard InChI is InChI=1S/C18H16N4O3/c1-13-2-5-15(10-17(13)22(24)25)18(23)20-11-14-3-6-16(7-4-14)21-9-8-19-12-21/h2-10,12H,11H2,1H3,(H,20,23). The van der Waals surface area contributed by atoms with Crippen molar-refractivity contribution in [3.8, 4) is 5.69 Å². The minimum absolute atomic E-state index is 0.0580. The van der Waals surface area contributed by atoms with Crippen molar-refractivity contribution in [3.05, 3.63) is 88.0 Å². The monoisotopic (exact) mass is 336 g/mol. The zero-order valence-corrected chi connectivity index (χ0v) is 13.5. The van der Waals surface area contributed by atoms with E-state index in [4.69, 9.17) is 0 Å². The third-order valence-corrected chi connectivity index (χ3v) is 3.86. The van der Waals surface area contributed by atoms with E-state index in [2.05, 4.69) is 10.3 Å². The third-order valence-electron chi connectivity index (χ3n) is 3.86. The van der Waals surface area contributed by atoms with E-state index >= 15 is 0 Å². The molecular weight excluding hydrogens is 320 g/mol. The number of carbonyl (C=O) groups excluding carboxylic acids is 1. The van der Waals surface area contributed by atoms with Crippen molar-refractivity contribution >= 4 is 11.6 Å². The molecule has 1 amide bonds. The zero-order valence-electron chi connectivity index (χ0n) is 13.5. The van der Waals surface area contributed by atoms with Crippen LogP contribution in [0.2, 0.25) is 0 Å². The van der Waals surface area contributed by atoms with Crippen LogP contribution in [-0.4, -0.2) is 20.4 Å². The van der Waals surface area contributed by atoms with Crippen molar-refractivity contribution < 1.29 is 9.72 Å². The largest absolute Gasteiger partial charge is 0.348 e. The highest BCUT2D eigenvalue weighted by molar-refractivity contribution is 5.94. The van der Waals surface area contributed by atoms with Gasteiger partial charge in [0, 0.05) is 41.8 Å². The van der Waals surface area contributed by atoms with Gasteiger partial charge in [-0.3, -0.25) is 14.9 Å². The molecule has 0 spiro atoms. The minimum Gasteiger partial charge on any atom is -0.348 e. The van der Waals surface area contributed by atoms with E-state index in [1.807, 2.05) is 35.0 Å². The maximum absolute atomic E-state index is 12.2. The molecule has 1 aromatic heterocycles. The van der Waals surface area contributed by atoms with Gasteiger partial charge in [0.25, 0.3) is 11.6 Å². The molecule has 0 unspecified atom stereocenters. The van der Waals surface area contributed by atoms with E-state index in [1.165, 1.54) is 6.07 Å². The Hall–Kier alpha value is -3.48. The predicted octanol–water partition coefficient (Wildman–Crippen LogP) is 3.02. The van der Waals surface area contributed by atoms with E-state index in [0.717, 1.165) is 11.3 Å². The van der Waals surface area contributed by atoms with Crippen LogP contribution in [0.15, 0.2) is 61.2 Å². The summed E-state index contributed by atoms with van der Waals surface area (Å²) in [6, 6.07) is 12.1. The lowest BCUT2D eigenvalue weighted by Crippen LogP contribution is -2.22. The molecule has 0 radical (unpaired) electrons. The molecule has 7 heteroatoms. The second kappa shape index (κ2) is 6.96. The smallest absolute Gasteiger partial charge is 0.273 e. The van der Waals surface area contributed by atoms with Gasteiger partial charge < -0.3 is 9.88 Å². The van der Waals surface area contributed by atoms with Crippen molar-refractivity contribution in [3.63, 3.8) is 0 Å². The lowest BCUT2D eigenvalue weighted by molar-refractivity contribution is -0.385. The van der Waals surface area contributed by atoms with Gasteiger partial charge in [0.2, 0.25) is 0 Å². The number of amides is 1. The number of nitrogens with one attached hydrogen (secondary N) is 1. The second-order valence-corrected chi connectivity index (χ2v) is 5.58. The van der Waals surface area contributed by atoms with E-state index in [9.17, 15) is 14.9 Å². The van der Waals surface area contributed by atoms with Gasteiger partial charge in [-0.2, -0.15) is 0 Å². The number of benzene rings is 2. The second-order valence-electron chi connectivity index (χ2n) is 5.58. The average Bonchev–Trinajstić information content (AvgIpc) is 3.15. The van der Waals surface area contributed by atoms with Gasteiger partial charge in [0.1, 0.15) is 0 Å². The first kappa shape index (κ1) is 16.4. The average molecular weight is 336 g/mol. The fraction of sp³-hybridized carbons (Fsp3) is 0.111. The van der Waals surface area contributed by atoms with E-state index in [-0.39, 0.29) is 17.2 Å². The summed E-state index contributed by atoms with van der Waals surface area (Å²) in [4.78, 5) is 26.7. The molecule has 0 saturated carbocycles. The number of nitro benzene ring substituents is 1. The normalized spacial score (nSPS) is 10.4. The Labute approximate surface area is 144 Å². The molecule has 25 heavy (non-hydrogen) atoms. The summed E-state index contributed by atoms with van der Waals surface area (Å²) in [6.07, 6.45) is 5.26. The zero-order chi connectivity index (χ0) is 17.8. The summed E-state index contributed by atoms with van der Waals surface area (Å²) < 4.78 is 1.88. The topological polar surface area (TPSA) is 90.1 Å². The Morgan fingerprint density at radius 3 is 2.64 bits per heavy atom. The Kier molecular flexibility index (Phi) is 4.56. The Bertz CT molecular complexity index is 903. The van der Waals surface area contributed by atoms with E-state index in [0.29, 0.717) is 12.1 Å². The predicted molar refractivity (Wildman–Crippen MR) is 92.6 cm³/mol. The number of hydrogen-bond acceptors (Lipinski definition) is 4. The number of hydrogen-bond donors (Lipinski definition) is 1. The first-order chi connectivity index (χ1) is 12.0. The summed E-state index contributed by atoms with van der Waals surface area (Å²) in [5, 5.41) is 13.7. The molecule has 126 valence electrons. The first-order valence-electron chi connectivity index (χ1n) is 7.65. The van der Waals surface area contributed by atoms with Crippen LogP contribution in [0.5, 0.6) is 0 Å². The fourth-order valence-electron chi connectivity index (χ4n) is 2.43. The maximum atomic E-state index is 12.2. The van der Waals surface area contributed by atoms with Gasteiger partial charge in [0.05, 0.1) is 11.3 Å². The molecular formula is C18H16N4O3. The van der Waals surface area contributed by atoms with Gasteiger partial charge in [-0.05, 0) is 30.7 Å². The van der Waals surface area contributed by atoms with Crippen molar-refractivity contribution in [2.45, 2.75) is 13.5 Å². The molecule has 3 rings (SSSR count).